The van der Waals surface area contributed by atoms with Crippen molar-refractivity contribution in [2.75, 3.05) is 26.5 Å². The summed E-state index contributed by atoms with van der Waals surface area (Å²) in [5.41, 5.74) is 1.85. The smallest absolute Gasteiger partial charge is 0.270 e. The fourth-order valence-corrected chi connectivity index (χ4v) is 3.75. The summed E-state index contributed by atoms with van der Waals surface area (Å²) in [5, 5.41) is 9.93. The summed E-state index contributed by atoms with van der Waals surface area (Å²) in [6.07, 6.45) is 4.24. The molecule has 0 bridgehead atoms. The number of rotatable bonds is 5. The molecule has 1 aliphatic rings. The van der Waals surface area contributed by atoms with Crippen LogP contribution in [0.25, 0.3) is 11.3 Å². The van der Waals surface area contributed by atoms with Crippen LogP contribution in [0.4, 0.5) is 0 Å². The van der Waals surface area contributed by atoms with E-state index in [9.17, 15) is 10.1 Å². The van der Waals surface area contributed by atoms with Crippen molar-refractivity contribution >= 4 is 11.8 Å². The third-order valence-corrected chi connectivity index (χ3v) is 5.61. The molecule has 1 N–H and O–H groups in total. The first-order valence-electron chi connectivity index (χ1n) is 9.03. The summed E-state index contributed by atoms with van der Waals surface area (Å²) in [5.74, 6) is 1.59. The molecule has 0 amide bonds. The van der Waals surface area contributed by atoms with Crippen LogP contribution in [0.15, 0.2) is 28.2 Å². The highest BCUT2D eigenvalue weighted by Gasteiger charge is 2.19. The maximum atomic E-state index is 12.2. The maximum absolute atomic E-state index is 12.2. The van der Waals surface area contributed by atoms with Gasteiger partial charge in [0.15, 0.2) is 5.16 Å². The number of likely N-dealkylation sites (tertiary alicyclic amines) is 1. The molecular weight excluding hydrogens is 360 g/mol. The first-order chi connectivity index (χ1) is 13.0. The monoisotopic (exact) mass is 384 g/mol. The predicted molar refractivity (Wildman–Crippen MR) is 107 cm³/mol. The standard InChI is InChI=1S/C20H24N4O2S/c1-13-6-8-24(9-7-13)12-15-10-14(4-5-17(15)26-2)18-16(11-21)19(25)23-20(22-18)27-3/h4-5,10,13H,6-9,12H2,1-3H3,(H,22,23,25). The number of methoxy groups -OCH3 is 1. The van der Waals surface area contributed by atoms with E-state index in [2.05, 4.69) is 21.8 Å². The van der Waals surface area contributed by atoms with Crippen molar-refractivity contribution in [3.63, 3.8) is 0 Å². The highest BCUT2D eigenvalue weighted by Crippen LogP contribution is 2.29. The van der Waals surface area contributed by atoms with Gasteiger partial charge >= 0.3 is 0 Å². The molecule has 1 aliphatic heterocycles. The zero-order valence-corrected chi connectivity index (χ0v) is 16.7. The van der Waals surface area contributed by atoms with E-state index in [0.29, 0.717) is 10.9 Å². The molecule has 0 radical (unpaired) electrons. The fourth-order valence-electron chi connectivity index (χ4n) is 3.37. The molecule has 142 valence electrons. The molecule has 1 fully saturated rings. The molecule has 7 heteroatoms. The largest absolute Gasteiger partial charge is 0.496 e. The number of hydrogen-bond acceptors (Lipinski definition) is 6. The lowest BCUT2D eigenvalue weighted by atomic mass is 9.98. The van der Waals surface area contributed by atoms with Crippen LogP contribution in [0.1, 0.15) is 30.9 Å². The number of hydrogen-bond donors (Lipinski definition) is 1. The van der Waals surface area contributed by atoms with E-state index in [4.69, 9.17) is 4.74 Å². The number of piperidine rings is 1. The predicted octanol–water partition coefficient (Wildman–Crippen LogP) is 3.27. The molecule has 27 heavy (non-hydrogen) atoms. The van der Waals surface area contributed by atoms with Gasteiger partial charge in [0.05, 0.1) is 12.8 Å². The second-order valence-corrected chi connectivity index (χ2v) is 7.69. The second-order valence-electron chi connectivity index (χ2n) is 6.90. The SMILES string of the molecule is COc1ccc(-c2nc(SC)[nH]c(=O)c2C#N)cc1CN1CCC(C)CC1. The van der Waals surface area contributed by atoms with Crippen LogP contribution in [0.3, 0.4) is 0 Å². The zero-order valence-electron chi connectivity index (χ0n) is 15.9. The van der Waals surface area contributed by atoms with Crippen LogP contribution < -0.4 is 10.3 Å². The van der Waals surface area contributed by atoms with Gasteiger partial charge in [0.1, 0.15) is 17.4 Å². The fraction of sp³-hybridized carbons (Fsp3) is 0.450. The quantitative estimate of drug-likeness (QED) is 0.629. The number of ether oxygens (including phenoxy) is 1. The molecular formula is C20H24N4O2S. The van der Waals surface area contributed by atoms with Crippen LogP contribution in [0, 0.1) is 17.2 Å². The first kappa shape index (κ1) is 19.5. The summed E-state index contributed by atoms with van der Waals surface area (Å²) >= 11 is 1.34. The minimum Gasteiger partial charge on any atom is -0.496 e. The van der Waals surface area contributed by atoms with E-state index in [0.717, 1.165) is 42.4 Å². The Kier molecular flexibility index (Phi) is 6.19. The number of nitriles is 1. The average molecular weight is 385 g/mol. The van der Waals surface area contributed by atoms with E-state index in [-0.39, 0.29) is 5.56 Å². The summed E-state index contributed by atoms with van der Waals surface area (Å²) in [7, 11) is 1.66. The molecule has 1 aromatic carbocycles. The summed E-state index contributed by atoms with van der Waals surface area (Å²) in [6.45, 7) is 5.21. The third kappa shape index (κ3) is 4.34. The van der Waals surface area contributed by atoms with Crippen molar-refractivity contribution in [3.05, 3.63) is 39.7 Å². The lowest BCUT2D eigenvalue weighted by Gasteiger charge is -2.30. The van der Waals surface area contributed by atoms with Gasteiger partial charge in [-0.25, -0.2) is 4.98 Å². The minimum atomic E-state index is -0.408. The molecule has 0 atom stereocenters. The number of nitrogens with zero attached hydrogens (tertiary/aromatic N) is 3. The van der Waals surface area contributed by atoms with Gasteiger partial charge in [0.25, 0.3) is 5.56 Å². The topological polar surface area (TPSA) is 82.0 Å². The van der Waals surface area contributed by atoms with Gasteiger partial charge in [-0.2, -0.15) is 5.26 Å². The number of aromatic amines is 1. The Bertz CT molecular complexity index is 911. The Labute approximate surface area is 163 Å². The van der Waals surface area contributed by atoms with Gasteiger partial charge in [-0.05, 0) is 56.3 Å². The normalized spacial score (nSPS) is 15.5. The molecule has 0 saturated carbocycles. The van der Waals surface area contributed by atoms with Crippen molar-refractivity contribution in [1.82, 2.24) is 14.9 Å². The van der Waals surface area contributed by atoms with Gasteiger partial charge in [0.2, 0.25) is 0 Å². The van der Waals surface area contributed by atoms with Crippen LogP contribution in [0.5, 0.6) is 5.75 Å². The van der Waals surface area contributed by atoms with E-state index in [1.165, 1.54) is 24.6 Å². The van der Waals surface area contributed by atoms with E-state index in [1.54, 1.807) is 7.11 Å². The summed E-state index contributed by atoms with van der Waals surface area (Å²) < 4.78 is 5.54. The number of nitrogens with one attached hydrogen (secondary N) is 1. The van der Waals surface area contributed by atoms with Gasteiger partial charge in [-0.1, -0.05) is 18.7 Å². The first-order valence-corrected chi connectivity index (χ1v) is 10.3. The average Bonchev–Trinajstić information content (AvgIpc) is 2.69. The molecule has 2 aromatic rings. The Hall–Kier alpha value is -2.30. The molecule has 6 nitrogen and oxygen atoms in total. The number of H-pyrrole nitrogens is 1. The molecule has 2 heterocycles. The van der Waals surface area contributed by atoms with Gasteiger partial charge in [0, 0.05) is 17.7 Å². The second kappa shape index (κ2) is 8.59. The van der Waals surface area contributed by atoms with Crippen LogP contribution >= 0.6 is 11.8 Å². The Morgan fingerprint density at radius 1 is 1.41 bits per heavy atom. The summed E-state index contributed by atoms with van der Waals surface area (Å²) in [6, 6.07) is 7.72. The van der Waals surface area contributed by atoms with Crippen molar-refractivity contribution < 1.29 is 4.74 Å². The van der Waals surface area contributed by atoms with Crippen LogP contribution in [-0.4, -0.2) is 41.3 Å². The minimum absolute atomic E-state index is 0.0377. The Balaban J connectivity index is 1.99. The van der Waals surface area contributed by atoms with Crippen molar-refractivity contribution in [2.24, 2.45) is 5.92 Å². The van der Waals surface area contributed by atoms with E-state index < -0.39 is 5.56 Å². The Morgan fingerprint density at radius 3 is 2.78 bits per heavy atom. The van der Waals surface area contributed by atoms with Gasteiger partial charge in [-0.3, -0.25) is 9.69 Å². The molecule has 0 spiro atoms. The lowest BCUT2D eigenvalue weighted by Crippen LogP contribution is -2.32. The van der Waals surface area contributed by atoms with Gasteiger partial charge < -0.3 is 9.72 Å². The highest BCUT2D eigenvalue weighted by molar-refractivity contribution is 7.98. The summed E-state index contributed by atoms with van der Waals surface area (Å²) in [4.78, 5) is 21.7. The molecule has 3 rings (SSSR count). The molecule has 0 aliphatic carbocycles. The van der Waals surface area contributed by atoms with E-state index in [1.807, 2.05) is 30.5 Å². The molecule has 1 saturated heterocycles. The maximum Gasteiger partial charge on any atom is 0.270 e. The van der Waals surface area contributed by atoms with Gasteiger partial charge in [-0.15, -0.1) is 0 Å². The van der Waals surface area contributed by atoms with Crippen molar-refractivity contribution in [2.45, 2.75) is 31.5 Å². The number of thioether (sulfide) groups is 1. The van der Waals surface area contributed by atoms with E-state index >= 15 is 0 Å². The molecule has 0 unspecified atom stereocenters. The zero-order chi connectivity index (χ0) is 19.4. The number of aromatic nitrogens is 2. The lowest BCUT2D eigenvalue weighted by molar-refractivity contribution is 0.183. The van der Waals surface area contributed by atoms with Crippen molar-refractivity contribution in [3.8, 4) is 23.1 Å². The number of benzene rings is 1. The van der Waals surface area contributed by atoms with Crippen molar-refractivity contribution in [1.29, 1.82) is 5.26 Å². The van der Waals surface area contributed by atoms with Crippen LogP contribution in [-0.2, 0) is 6.54 Å². The third-order valence-electron chi connectivity index (χ3n) is 5.03. The Morgan fingerprint density at radius 2 is 2.15 bits per heavy atom. The molecule has 1 aromatic heterocycles. The highest BCUT2D eigenvalue weighted by atomic mass is 32.2. The van der Waals surface area contributed by atoms with Crippen LogP contribution in [0.2, 0.25) is 0 Å².